The summed E-state index contributed by atoms with van der Waals surface area (Å²) in [6, 6.07) is 32.8. The van der Waals surface area contributed by atoms with E-state index in [4.69, 9.17) is 14.7 Å². The number of rotatable bonds is 8. The standard InChI is InChI=1S/C34H34N6O2/c1-39(2)27-17-13-25(14-18-27)35-33-31(37-32(38-33)24-9-7-6-8-10-24)30(23-11-21-29(42-5)22-12-23)34(41)36-26-15-19-28(20-16-26)40(3)4/h6-22H,1-5H3,(H,36,41)(H,35,37,38)/b31-30+. The lowest BCUT2D eigenvalue weighted by atomic mass is 10.0. The number of methoxy groups -OCH3 is 1. The Labute approximate surface area is 246 Å². The Kier molecular flexibility index (Phi) is 8.34. The van der Waals surface area contributed by atoms with Gasteiger partial charge in [0, 0.05) is 56.5 Å². The van der Waals surface area contributed by atoms with Crippen LogP contribution in [0.4, 0.5) is 22.7 Å². The smallest absolute Gasteiger partial charge is 0.258 e. The third kappa shape index (κ3) is 6.33. The quantitative estimate of drug-likeness (QED) is 0.254. The SMILES string of the molecule is COc1ccc(/C(C(=O)Nc2ccc(N(C)C)cc2)=C2\N=C(c3ccccc3)N=C2Nc2ccc(N(C)C)cc2)cc1. The third-order valence-electron chi connectivity index (χ3n) is 6.82. The number of anilines is 4. The molecule has 0 radical (unpaired) electrons. The largest absolute Gasteiger partial charge is 0.497 e. The molecule has 0 fully saturated rings. The molecule has 0 saturated carbocycles. The highest BCUT2D eigenvalue weighted by atomic mass is 16.5. The van der Waals surface area contributed by atoms with E-state index in [1.54, 1.807) is 7.11 Å². The molecule has 0 aromatic heterocycles. The summed E-state index contributed by atoms with van der Waals surface area (Å²) in [5, 5.41) is 6.48. The molecule has 4 aromatic carbocycles. The molecule has 42 heavy (non-hydrogen) atoms. The molecular formula is C34H34N6O2. The summed E-state index contributed by atoms with van der Waals surface area (Å²) in [4.78, 5) is 27.9. The minimum absolute atomic E-state index is 0.303. The molecule has 0 aliphatic carbocycles. The minimum atomic E-state index is -0.303. The molecule has 0 atom stereocenters. The highest BCUT2D eigenvalue weighted by molar-refractivity contribution is 6.35. The molecule has 0 bridgehead atoms. The van der Waals surface area contributed by atoms with Gasteiger partial charge in [0.25, 0.3) is 5.91 Å². The summed E-state index contributed by atoms with van der Waals surface area (Å²) >= 11 is 0. The first-order chi connectivity index (χ1) is 20.3. The summed E-state index contributed by atoms with van der Waals surface area (Å²) in [5.74, 6) is 1.39. The number of amidine groups is 2. The topological polar surface area (TPSA) is 81.6 Å². The number of benzene rings is 4. The third-order valence-corrected chi connectivity index (χ3v) is 6.82. The number of hydrogen-bond acceptors (Lipinski definition) is 7. The summed E-state index contributed by atoms with van der Waals surface area (Å²) < 4.78 is 5.37. The summed E-state index contributed by atoms with van der Waals surface area (Å²) in [5.41, 5.74) is 5.98. The lowest BCUT2D eigenvalue weighted by Gasteiger charge is -2.16. The Morgan fingerprint density at radius 3 is 1.81 bits per heavy atom. The van der Waals surface area contributed by atoms with Crippen LogP contribution in [0.25, 0.3) is 5.57 Å². The monoisotopic (exact) mass is 558 g/mol. The summed E-state index contributed by atoms with van der Waals surface area (Å²) in [7, 11) is 9.56. The number of nitrogens with one attached hydrogen (secondary N) is 2. The number of nitrogens with zero attached hydrogens (tertiary/aromatic N) is 4. The molecule has 2 N–H and O–H groups in total. The van der Waals surface area contributed by atoms with Gasteiger partial charge in [-0.15, -0.1) is 0 Å². The fraction of sp³-hybridized carbons (Fsp3) is 0.147. The van der Waals surface area contributed by atoms with Gasteiger partial charge < -0.3 is 25.2 Å². The molecule has 1 aliphatic rings. The minimum Gasteiger partial charge on any atom is -0.497 e. The maximum Gasteiger partial charge on any atom is 0.258 e. The van der Waals surface area contributed by atoms with Gasteiger partial charge in [0.05, 0.1) is 12.7 Å². The van der Waals surface area contributed by atoms with Crippen molar-refractivity contribution in [1.82, 2.24) is 0 Å². The van der Waals surface area contributed by atoms with Crippen LogP contribution < -0.4 is 25.2 Å². The van der Waals surface area contributed by atoms with Gasteiger partial charge in [0.2, 0.25) is 0 Å². The molecule has 1 heterocycles. The average Bonchev–Trinajstić information content (AvgIpc) is 3.41. The van der Waals surface area contributed by atoms with Crippen LogP contribution in [-0.4, -0.2) is 52.9 Å². The van der Waals surface area contributed by atoms with Gasteiger partial charge in [-0.2, -0.15) is 0 Å². The molecule has 8 heteroatoms. The van der Waals surface area contributed by atoms with Crippen LogP contribution in [0.3, 0.4) is 0 Å². The zero-order chi connectivity index (χ0) is 29.6. The number of hydrogen-bond donors (Lipinski definition) is 2. The first-order valence-electron chi connectivity index (χ1n) is 13.6. The Bertz CT molecular complexity index is 1640. The fourth-order valence-corrected chi connectivity index (χ4v) is 4.47. The zero-order valence-electron chi connectivity index (χ0n) is 24.4. The van der Waals surface area contributed by atoms with E-state index in [0.717, 1.165) is 22.6 Å². The molecule has 0 saturated heterocycles. The Hall–Kier alpha value is -5.37. The first-order valence-corrected chi connectivity index (χ1v) is 13.6. The van der Waals surface area contributed by atoms with Gasteiger partial charge in [-0.05, 0) is 66.2 Å². The van der Waals surface area contributed by atoms with E-state index < -0.39 is 0 Å². The second-order valence-corrected chi connectivity index (χ2v) is 10.2. The molecule has 0 spiro atoms. The van der Waals surface area contributed by atoms with Crippen LogP contribution in [0.5, 0.6) is 5.75 Å². The van der Waals surface area contributed by atoms with Crippen molar-refractivity contribution >= 4 is 45.9 Å². The van der Waals surface area contributed by atoms with E-state index in [0.29, 0.717) is 39.9 Å². The van der Waals surface area contributed by atoms with Gasteiger partial charge in [-0.3, -0.25) is 4.79 Å². The first kappa shape index (κ1) is 28.2. The van der Waals surface area contributed by atoms with Gasteiger partial charge in [-0.25, -0.2) is 9.98 Å². The van der Waals surface area contributed by atoms with Crippen molar-refractivity contribution in [3.8, 4) is 5.75 Å². The van der Waals surface area contributed by atoms with Crippen LogP contribution >= 0.6 is 0 Å². The molecule has 5 rings (SSSR count). The Morgan fingerprint density at radius 2 is 1.26 bits per heavy atom. The second kappa shape index (κ2) is 12.4. The summed E-state index contributed by atoms with van der Waals surface area (Å²) in [6.07, 6.45) is 0. The molecule has 0 unspecified atom stereocenters. The highest BCUT2D eigenvalue weighted by Crippen LogP contribution is 2.30. The molecule has 212 valence electrons. The number of carbonyl (C=O) groups excluding carboxylic acids is 1. The highest BCUT2D eigenvalue weighted by Gasteiger charge is 2.27. The molecule has 1 amide bonds. The number of ether oxygens (including phenoxy) is 1. The van der Waals surface area contributed by atoms with Crippen LogP contribution in [0.15, 0.2) is 119 Å². The van der Waals surface area contributed by atoms with E-state index in [9.17, 15) is 4.79 Å². The van der Waals surface area contributed by atoms with Crippen LogP contribution in [0.2, 0.25) is 0 Å². The number of carbonyl (C=O) groups is 1. The number of aliphatic imine (C=N–C) groups is 2. The zero-order valence-corrected chi connectivity index (χ0v) is 24.4. The lowest BCUT2D eigenvalue weighted by molar-refractivity contribution is -0.111. The maximum atomic E-state index is 14.1. The molecule has 8 nitrogen and oxygen atoms in total. The van der Waals surface area contributed by atoms with E-state index in [1.807, 2.05) is 141 Å². The van der Waals surface area contributed by atoms with Gasteiger partial charge >= 0.3 is 0 Å². The van der Waals surface area contributed by atoms with Gasteiger partial charge in [0.1, 0.15) is 11.4 Å². The van der Waals surface area contributed by atoms with Crippen molar-refractivity contribution in [3.05, 3.63) is 120 Å². The van der Waals surface area contributed by atoms with Gasteiger partial charge in [-0.1, -0.05) is 42.5 Å². The second-order valence-electron chi connectivity index (χ2n) is 10.2. The van der Waals surface area contributed by atoms with Crippen molar-refractivity contribution in [2.45, 2.75) is 0 Å². The Morgan fingerprint density at radius 1 is 0.690 bits per heavy atom. The van der Waals surface area contributed by atoms with Crippen molar-refractivity contribution in [2.24, 2.45) is 9.98 Å². The maximum absolute atomic E-state index is 14.1. The Balaban J connectivity index is 1.61. The predicted molar refractivity (Wildman–Crippen MR) is 174 cm³/mol. The molecule has 4 aromatic rings. The average molecular weight is 559 g/mol. The van der Waals surface area contributed by atoms with Crippen molar-refractivity contribution < 1.29 is 9.53 Å². The van der Waals surface area contributed by atoms with E-state index in [1.165, 1.54) is 0 Å². The van der Waals surface area contributed by atoms with Crippen LogP contribution in [0, 0.1) is 0 Å². The summed E-state index contributed by atoms with van der Waals surface area (Å²) in [6.45, 7) is 0. The van der Waals surface area contributed by atoms with E-state index in [-0.39, 0.29) is 5.91 Å². The number of amides is 1. The molecular weight excluding hydrogens is 524 g/mol. The normalized spacial score (nSPS) is 13.5. The molecule has 1 aliphatic heterocycles. The lowest BCUT2D eigenvalue weighted by Crippen LogP contribution is -2.20. The van der Waals surface area contributed by atoms with Gasteiger partial charge in [0.15, 0.2) is 11.7 Å². The van der Waals surface area contributed by atoms with Crippen molar-refractivity contribution in [1.29, 1.82) is 0 Å². The van der Waals surface area contributed by atoms with Crippen LogP contribution in [0.1, 0.15) is 11.1 Å². The fourth-order valence-electron chi connectivity index (χ4n) is 4.47. The van der Waals surface area contributed by atoms with E-state index in [2.05, 4.69) is 10.6 Å². The van der Waals surface area contributed by atoms with Crippen molar-refractivity contribution in [3.63, 3.8) is 0 Å². The van der Waals surface area contributed by atoms with E-state index >= 15 is 0 Å². The van der Waals surface area contributed by atoms with Crippen LogP contribution in [-0.2, 0) is 4.79 Å². The predicted octanol–water partition coefficient (Wildman–Crippen LogP) is 6.15. The van der Waals surface area contributed by atoms with Crippen molar-refractivity contribution in [2.75, 3.05) is 55.7 Å².